The second-order valence-corrected chi connectivity index (χ2v) is 4.35. The van der Waals surface area contributed by atoms with E-state index < -0.39 is 0 Å². The van der Waals surface area contributed by atoms with Gasteiger partial charge in [-0.3, -0.25) is 14.6 Å². The standard InChI is InChI=1S/C14H33N3O2/c1-7-15(8-2)13-14(18-16(9-3)10-4)19-17(11-5)12-6/h14H,7-13H2,1-6H3. The molecular weight excluding hydrogens is 242 g/mol. The predicted molar refractivity (Wildman–Crippen MR) is 79.6 cm³/mol. The Morgan fingerprint density at radius 2 is 1.00 bits per heavy atom. The maximum Gasteiger partial charge on any atom is 0.209 e. The lowest BCUT2D eigenvalue weighted by atomic mass is 10.4. The zero-order valence-corrected chi connectivity index (χ0v) is 13.7. The van der Waals surface area contributed by atoms with Crippen molar-refractivity contribution in [1.82, 2.24) is 15.0 Å². The molecule has 0 aromatic heterocycles. The molecular formula is C14H33N3O2. The van der Waals surface area contributed by atoms with Crippen molar-refractivity contribution in [2.24, 2.45) is 0 Å². The first-order valence-corrected chi connectivity index (χ1v) is 7.70. The molecule has 0 aliphatic rings. The molecule has 116 valence electrons. The van der Waals surface area contributed by atoms with Crippen LogP contribution in [-0.2, 0) is 9.68 Å². The zero-order chi connectivity index (χ0) is 14.7. The summed E-state index contributed by atoms with van der Waals surface area (Å²) in [5, 5.41) is 3.88. The third kappa shape index (κ3) is 7.84. The van der Waals surface area contributed by atoms with E-state index in [9.17, 15) is 0 Å². The number of hydrogen-bond acceptors (Lipinski definition) is 5. The average molecular weight is 275 g/mol. The van der Waals surface area contributed by atoms with Gasteiger partial charge in [0.15, 0.2) is 0 Å². The molecule has 0 radical (unpaired) electrons. The number of likely N-dealkylation sites (N-methyl/N-ethyl adjacent to an activating group) is 1. The molecule has 0 aromatic rings. The molecule has 0 heterocycles. The lowest BCUT2D eigenvalue weighted by Crippen LogP contribution is -2.43. The highest BCUT2D eigenvalue weighted by atomic mass is 16.9. The fourth-order valence-corrected chi connectivity index (χ4v) is 1.86. The van der Waals surface area contributed by atoms with Gasteiger partial charge in [-0.1, -0.05) is 41.5 Å². The van der Waals surface area contributed by atoms with Crippen LogP contribution in [0.4, 0.5) is 0 Å². The summed E-state index contributed by atoms with van der Waals surface area (Å²) in [4.78, 5) is 14.2. The van der Waals surface area contributed by atoms with Crippen molar-refractivity contribution in [3.63, 3.8) is 0 Å². The Bertz CT molecular complexity index is 160. The van der Waals surface area contributed by atoms with E-state index in [0.29, 0.717) is 0 Å². The summed E-state index contributed by atoms with van der Waals surface area (Å²) in [7, 11) is 0. The molecule has 0 amide bonds. The van der Waals surface area contributed by atoms with Crippen LogP contribution in [0.5, 0.6) is 0 Å². The van der Waals surface area contributed by atoms with Gasteiger partial charge in [0, 0.05) is 26.2 Å². The topological polar surface area (TPSA) is 28.2 Å². The van der Waals surface area contributed by atoms with Crippen LogP contribution in [0.15, 0.2) is 0 Å². The molecule has 0 bridgehead atoms. The Labute approximate surface area is 119 Å². The summed E-state index contributed by atoms with van der Waals surface area (Å²) in [6.45, 7) is 19.0. The average Bonchev–Trinajstić information content (AvgIpc) is 2.46. The zero-order valence-electron chi connectivity index (χ0n) is 13.7. The Morgan fingerprint density at radius 1 is 0.632 bits per heavy atom. The molecule has 0 fully saturated rings. The van der Waals surface area contributed by atoms with Crippen molar-refractivity contribution < 1.29 is 9.68 Å². The second-order valence-electron chi connectivity index (χ2n) is 4.35. The highest BCUT2D eigenvalue weighted by molar-refractivity contribution is 4.56. The van der Waals surface area contributed by atoms with E-state index in [-0.39, 0.29) is 6.29 Å². The minimum Gasteiger partial charge on any atom is -0.299 e. The maximum atomic E-state index is 5.94. The van der Waals surface area contributed by atoms with Crippen LogP contribution < -0.4 is 0 Å². The van der Waals surface area contributed by atoms with Gasteiger partial charge in [-0.15, -0.1) is 0 Å². The summed E-state index contributed by atoms with van der Waals surface area (Å²) in [6.07, 6.45) is -0.236. The van der Waals surface area contributed by atoms with Crippen molar-refractivity contribution in [2.75, 3.05) is 45.8 Å². The maximum absolute atomic E-state index is 5.94. The van der Waals surface area contributed by atoms with Crippen molar-refractivity contribution in [3.05, 3.63) is 0 Å². The minimum atomic E-state index is -0.236. The van der Waals surface area contributed by atoms with E-state index in [1.165, 1.54) is 0 Å². The molecule has 0 spiro atoms. The van der Waals surface area contributed by atoms with E-state index >= 15 is 0 Å². The van der Waals surface area contributed by atoms with Gasteiger partial charge in [-0.05, 0) is 13.1 Å². The molecule has 0 unspecified atom stereocenters. The molecule has 0 saturated heterocycles. The quantitative estimate of drug-likeness (QED) is 0.402. The monoisotopic (exact) mass is 275 g/mol. The molecule has 19 heavy (non-hydrogen) atoms. The van der Waals surface area contributed by atoms with Gasteiger partial charge in [0.25, 0.3) is 0 Å². The van der Waals surface area contributed by atoms with Gasteiger partial charge >= 0.3 is 0 Å². The molecule has 5 nitrogen and oxygen atoms in total. The first kappa shape index (κ1) is 18.8. The lowest BCUT2D eigenvalue weighted by molar-refractivity contribution is -0.348. The van der Waals surface area contributed by atoms with Gasteiger partial charge < -0.3 is 0 Å². The van der Waals surface area contributed by atoms with Gasteiger partial charge in [-0.25, -0.2) is 0 Å². The van der Waals surface area contributed by atoms with E-state index in [1.54, 1.807) is 0 Å². The van der Waals surface area contributed by atoms with E-state index in [0.717, 1.165) is 45.8 Å². The number of rotatable bonds is 12. The van der Waals surface area contributed by atoms with Crippen LogP contribution in [0.3, 0.4) is 0 Å². The number of hydroxylamine groups is 4. The smallest absolute Gasteiger partial charge is 0.209 e. The summed E-state index contributed by atoms with van der Waals surface area (Å²) in [5.41, 5.74) is 0. The molecule has 0 aliphatic heterocycles. The van der Waals surface area contributed by atoms with Crippen LogP contribution in [0, 0.1) is 0 Å². The molecule has 0 N–H and O–H groups in total. The Morgan fingerprint density at radius 3 is 1.26 bits per heavy atom. The van der Waals surface area contributed by atoms with Gasteiger partial charge in [0.2, 0.25) is 6.29 Å². The molecule has 0 rings (SSSR count). The van der Waals surface area contributed by atoms with Crippen LogP contribution in [0.25, 0.3) is 0 Å². The number of hydrogen-bond donors (Lipinski definition) is 0. The van der Waals surface area contributed by atoms with Gasteiger partial charge in [0.1, 0.15) is 0 Å². The Balaban J connectivity index is 4.51. The summed E-state index contributed by atoms with van der Waals surface area (Å²) in [6, 6.07) is 0. The van der Waals surface area contributed by atoms with Crippen molar-refractivity contribution in [3.8, 4) is 0 Å². The van der Waals surface area contributed by atoms with Crippen LogP contribution in [0.2, 0.25) is 0 Å². The SMILES string of the molecule is CCN(CC)CC(ON(CC)CC)ON(CC)CC. The first-order chi connectivity index (χ1) is 9.14. The fourth-order valence-electron chi connectivity index (χ4n) is 1.86. The lowest BCUT2D eigenvalue weighted by Gasteiger charge is -2.32. The summed E-state index contributed by atoms with van der Waals surface area (Å²) >= 11 is 0. The van der Waals surface area contributed by atoms with Crippen molar-refractivity contribution >= 4 is 0 Å². The van der Waals surface area contributed by atoms with Crippen molar-refractivity contribution in [2.45, 2.75) is 47.8 Å². The Hall–Kier alpha value is -0.200. The van der Waals surface area contributed by atoms with Crippen LogP contribution in [0.1, 0.15) is 41.5 Å². The van der Waals surface area contributed by atoms with Crippen LogP contribution in [-0.4, -0.2) is 67.1 Å². The van der Waals surface area contributed by atoms with Gasteiger partial charge in [-0.2, -0.15) is 10.1 Å². The molecule has 0 atom stereocenters. The predicted octanol–water partition coefficient (Wildman–Crippen LogP) is 2.20. The molecule has 0 aromatic carbocycles. The minimum absolute atomic E-state index is 0.236. The van der Waals surface area contributed by atoms with Crippen molar-refractivity contribution in [1.29, 1.82) is 0 Å². The fraction of sp³-hybridized carbons (Fsp3) is 1.00. The third-order valence-electron chi connectivity index (χ3n) is 3.25. The highest BCUT2D eigenvalue weighted by Gasteiger charge is 2.19. The largest absolute Gasteiger partial charge is 0.299 e. The molecule has 5 heteroatoms. The highest BCUT2D eigenvalue weighted by Crippen LogP contribution is 2.06. The van der Waals surface area contributed by atoms with E-state index in [1.807, 2.05) is 10.1 Å². The van der Waals surface area contributed by atoms with Crippen LogP contribution >= 0.6 is 0 Å². The second kappa shape index (κ2) is 11.6. The van der Waals surface area contributed by atoms with Gasteiger partial charge in [0.05, 0.1) is 6.54 Å². The summed E-state index contributed by atoms with van der Waals surface area (Å²) < 4.78 is 0. The summed E-state index contributed by atoms with van der Waals surface area (Å²) in [5.74, 6) is 0. The molecule has 0 aliphatic carbocycles. The first-order valence-electron chi connectivity index (χ1n) is 7.70. The Kier molecular flexibility index (Phi) is 11.5. The van der Waals surface area contributed by atoms with E-state index in [2.05, 4.69) is 46.4 Å². The normalized spacial score (nSPS) is 12.3. The third-order valence-corrected chi connectivity index (χ3v) is 3.25. The molecule has 0 saturated carbocycles. The van der Waals surface area contributed by atoms with E-state index in [4.69, 9.17) is 9.68 Å². The number of nitrogens with zero attached hydrogens (tertiary/aromatic N) is 3.